The number of hydrogen-bond acceptors (Lipinski definition) is 11. The van der Waals surface area contributed by atoms with Crippen LogP contribution < -0.4 is 36.5 Å². The lowest BCUT2D eigenvalue weighted by Crippen LogP contribution is -2.54. The van der Waals surface area contributed by atoms with Crippen molar-refractivity contribution in [2.45, 2.75) is 77.3 Å². The van der Waals surface area contributed by atoms with Crippen LogP contribution in [0.1, 0.15) is 59.4 Å². The Bertz CT molecular complexity index is 2050. The third-order valence-corrected chi connectivity index (χ3v) is 9.36. The number of nitrogens with zero attached hydrogens (tertiary/aromatic N) is 3. The van der Waals surface area contributed by atoms with Crippen LogP contribution in [0.3, 0.4) is 0 Å². The Morgan fingerprint density at radius 2 is 1.77 bits per heavy atom. The van der Waals surface area contributed by atoms with Crippen LogP contribution in [0.15, 0.2) is 47.0 Å². The van der Waals surface area contributed by atoms with Crippen LogP contribution in [0, 0.1) is 17.6 Å². The van der Waals surface area contributed by atoms with Gasteiger partial charge in [-0.1, -0.05) is 13.8 Å². The number of carbonyl (C=O) groups is 4. The number of halogens is 2. The van der Waals surface area contributed by atoms with E-state index in [1.165, 1.54) is 36.6 Å². The third kappa shape index (κ3) is 13.3. The number of amides is 5. The number of hydrogen-bond donors (Lipinski definition) is 5. The van der Waals surface area contributed by atoms with Gasteiger partial charge in [-0.3, -0.25) is 9.59 Å². The van der Waals surface area contributed by atoms with Crippen LogP contribution in [-0.2, 0) is 29.8 Å². The monoisotopic (exact) mass is 802 g/mol. The van der Waals surface area contributed by atoms with Crippen molar-refractivity contribution in [1.82, 2.24) is 25.9 Å². The van der Waals surface area contributed by atoms with E-state index < -0.39 is 68.9 Å². The van der Waals surface area contributed by atoms with Gasteiger partial charge in [0.1, 0.15) is 46.7 Å². The van der Waals surface area contributed by atoms with Crippen LogP contribution in [0.2, 0.25) is 0 Å². The molecule has 6 N–H and O–H groups in total. The average Bonchev–Trinajstić information content (AvgIpc) is 3.07. The lowest BCUT2D eigenvalue weighted by Gasteiger charge is -2.26. The number of ether oxygens (including phenoxy) is 3. The fraction of sp³-hybridized carbons (Fsp3) is 0.459. The minimum atomic E-state index is -3.34. The van der Waals surface area contributed by atoms with E-state index in [2.05, 4.69) is 35.6 Å². The molecule has 0 aliphatic carbocycles. The molecule has 56 heavy (non-hydrogen) atoms. The lowest BCUT2D eigenvalue weighted by atomic mass is 10.0. The normalized spacial score (nSPS) is 14.8. The Morgan fingerprint density at radius 3 is 2.46 bits per heavy atom. The number of benzene rings is 1. The fourth-order valence-electron chi connectivity index (χ4n) is 5.48. The molecule has 4 bridgehead atoms. The zero-order valence-electron chi connectivity index (χ0n) is 32.1. The van der Waals surface area contributed by atoms with Gasteiger partial charge < -0.3 is 41.2 Å². The van der Waals surface area contributed by atoms with E-state index in [0.717, 1.165) is 6.20 Å². The summed E-state index contributed by atoms with van der Waals surface area (Å²) in [5.41, 5.74) is 5.15. The maximum atomic E-state index is 15.0. The number of primary amides is 1. The highest BCUT2D eigenvalue weighted by Crippen LogP contribution is 2.34. The van der Waals surface area contributed by atoms with Crippen LogP contribution in [0.25, 0.3) is 11.1 Å². The second kappa shape index (κ2) is 18.8. The largest absolute Gasteiger partial charge is 0.493 e. The Balaban J connectivity index is 1.61. The number of nitrogens with two attached hydrogens (primary N) is 1. The molecule has 3 atom stereocenters. The van der Waals surface area contributed by atoms with Crippen molar-refractivity contribution in [3.63, 3.8) is 0 Å². The summed E-state index contributed by atoms with van der Waals surface area (Å²) in [7, 11) is -3.34. The van der Waals surface area contributed by atoms with E-state index in [0.29, 0.717) is 17.5 Å². The van der Waals surface area contributed by atoms with Crippen LogP contribution in [-0.4, -0.2) is 81.8 Å². The van der Waals surface area contributed by atoms with Crippen molar-refractivity contribution in [2.75, 3.05) is 31.3 Å². The molecule has 19 heteroatoms. The summed E-state index contributed by atoms with van der Waals surface area (Å²) in [5.74, 6) is -2.84. The molecule has 3 aromatic rings. The molecule has 16 nitrogen and oxygen atoms in total. The number of aromatic nitrogens is 2. The molecule has 0 spiro atoms. The van der Waals surface area contributed by atoms with Crippen molar-refractivity contribution in [2.24, 2.45) is 16.0 Å². The lowest BCUT2D eigenvalue weighted by molar-refractivity contribution is -0.129. The number of nitrogens with one attached hydrogen (secondary N) is 4. The predicted octanol–water partition coefficient (Wildman–Crippen LogP) is 4.93. The summed E-state index contributed by atoms with van der Waals surface area (Å²) in [6, 6.07) is 5.11. The van der Waals surface area contributed by atoms with Crippen molar-refractivity contribution in [3.05, 3.63) is 59.8 Å². The molecule has 0 radical (unpaired) electrons. The summed E-state index contributed by atoms with van der Waals surface area (Å²) >= 11 is 0. The van der Waals surface area contributed by atoms with Crippen molar-refractivity contribution >= 4 is 45.3 Å². The van der Waals surface area contributed by atoms with Gasteiger partial charge in [0.15, 0.2) is 0 Å². The Morgan fingerprint density at radius 1 is 1.04 bits per heavy atom. The topological polar surface area (TPSA) is 225 Å². The Kier molecular flexibility index (Phi) is 14.5. The summed E-state index contributed by atoms with van der Waals surface area (Å²) in [6.45, 7) is 8.72. The van der Waals surface area contributed by atoms with Crippen molar-refractivity contribution in [1.29, 1.82) is 0 Å². The van der Waals surface area contributed by atoms with Gasteiger partial charge in [-0.25, -0.2) is 27.6 Å². The van der Waals surface area contributed by atoms with Gasteiger partial charge in [-0.15, -0.1) is 0 Å². The number of alkyl carbamates (subject to hydrolysis) is 1. The minimum Gasteiger partial charge on any atom is -0.493 e. The number of pyridine rings is 2. The minimum absolute atomic E-state index is 0.0156. The van der Waals surface area contributed by atoms with Gasteiger partial charge in [-0.05, 0) is 69.4 Å². The average molecular weight is 803 g/mol. The second-order valence-corrected chi connectivity index (χ2v) is 16.8. The highest BCUT2D eigenvalue weighted by molar-refractivity contribution is 7.92. The number of fused-ring (bicyclic) bond motifs is 6. The molecule has 0 saturated heterocycles. The molecule has 1 unspecified atom stereocenters. The first kappa shape index (κ1) is 43.1. The third-order valence-electron chi connectivity index (χ3n) is 7.93. The quantitative estimate of drug-likeness (QED) is 0.163. The molecule has 0 fully saturated rings. The molecule has 1 aliphatic heterocycles. The van der Waals surface area contributed by atoms with E-state index in [1.807, 2.05) is 0 Å². The SMILES string of the molecule is CC(C)[C@H](NC(=O)OC(C)(C)C)C(=O)N[C@@H](CCCNC(N)=O)C(=O)N=S(C)(=O)Cc1cc2nc(c1)OCCCOc1cc(F)ccc1-c1cc(ncc1F)N2. The standard InChI is InChI=1S/C37H48F2N8O8S/c1-21(2)32(46-36(51)55-37(3,4)5)34(49)43-27(9-7-12-41-35(40)50)33(48)47-56(6,52)20-22-15-30-44-29-18-25(26(39)19-42-29)24-11-10-23(38)17-28(24)53-13-8-14-54-31(16-22)45-30/h10-11,15-19,21,27,32H,7-9,12-14,20H2,1-6H3,(H,43,49)(H,46,51)(H3,40,41,50)(H,42,44,45)/t27-,32-,56?/m0/s1. The summed E-state index contributed by atoms with van der Waals surface area (Å²) < 4.78 is 64.1. The van der Waals surface area contributed by atoms with Crippen LogP contribution in [0.5, 0.6) is 11.6 Å². The van der Waals surface area contributed by atoms with Gasteiger partial charge in [0.2, 0.25) is 11.8 Å². The van der Waals surface area contributed by atoms with Crippen LogP contribution >= 0.6 is 0 Å². The molecular formula is C37H48F2N8O8S. The Hall–Kier alpha value is -5.59. The zero-order valence-corrected chi connectivity index (χ0v) is 32.9. The highest BCUT2D eigenvalue weighted by atomic mass is 32.2. The number of carbonyl (C=O) groups excluding carboxylic acids is 4. The molecule has 4 rings (SSSR count). The molecule has 2 aromatic heterocycles. The highest BCUT2D eigenvalue weighted by Gasteiger charge is 2.31. The summed E-state index contributed by atoms with van der Waals surface area (Å²) in [4.78, 5) is 59.4. The summed E-state index contributed by atoms with van der Waals surface area (Å²) in [6.07, 6.45) is 1.97. The first-order valence-corrected chi connectivity index (χ1v) is 19.9. The first-order chi connectivity index (χ1) is 26.3. The Labute approximate surface area is 324 Å². The van der Waals surface area contributed by atoms with Gasteiger partial charge in [0.05, 0.1) is 34.9 Å². The number of anilines is 2. The van der Waals surface area contributed by atoms with E-state index in [1.54, 1.807) is 40.7 Å². The van der Waals surface area contributed by atoms with E-state index in [4.69, 9.17) is 19.9 Å². The van der Waals surface area contributed by atoms with Crippen molar-refractivity contribution in [3.8, 4) is 22.8 Å². The molecule has 1 aliphatic rings. The fourth-order valence-corrected chi connectivity index (χ4v) is 6.84. The zero-order chi connectivity index (χ0) is 41.2. The maximum Gasteiger partial charge on any atom is 0.408 e. The molecule has 304 valence electrons. The van der Waals surface area contributed by atoms with E-state index in [-0.39, 0.29) is 67.2 Å². The number of rotatable bonds is 11. The molecule has 5 amide bonds. The van der Waals surface area contributed by atoms with Gasteiger partial charge in [-0.2, -0.15) is 9.35 Å². The molecule has 1 aromatic carbocycles. The van der Waals surface area contributed by atoms with Gasteiger partial charge in [0.25, 0.3) is 5.91 Å². The molecular weight excluding hydrogens is 755 g/mol. The van der Waals surface area contributed by atoms with Crippen molar-refractivity contribution < 1.29 is 46.4 Å². The van der Waals surface area contributed by atoms with E-state index in [9.17, 15) is 27.8 Å². The predicted molar refractivity (Wildman–Crippen MR) is 205 cm³/mol. The van der Waals surface area contributed by atoms with Gasteiger partial charge >= 0.3 is 12.1 Å². The first-order valence-electron chi connectivity index (χ1n) is 17.8. The molecule has 0 saturated carbocycles. The van der Waals surface area contributed by atoms with E-state index >= 15 is 4.39 Å². The number of urea groups is 1. The van der Waals surface area contributed by atoms with Crippen LogP contribution in [0.4, 0.5) is 30.0 Å². The van der Waals surface area contributed by atoms with Gasteiger partial charge in [0, 0.05) is 42.5 Å². The maximum absolute atomic E-state index is 15.0. The second-order valence-electron chi connectivity index (χ2n) is 14.5. The summed E-state index contributed by atoms with van der Waals surface area (Å²) in [5, 5.41) is 10.6. The molecule has 3 heterocycles. The smallest absolute Gasteiger partial charge is 0.408 e.